The monoisotopic (exact) mass is 637 g/mol. The number of alkyl halides is 1. The van der Waals surface area contributed by atoms with Crippen molar-refractivity contribution in [3.05, 3.63) is 80.8 Å². The first kappa shape index (κ1) is 30.3. The molecule has 1 amide bonds. The van der Waals surface area contributed by atoms with Gasteiger partial charge in [-0.05, 0) is 41.0 Å². The predicted molar refractivity (Wildman–Crippen MR) is 152 cm³/mol. The smallest absolute Gasteiger partial charge is 0.337 e. The lowest BCUT2D eigenvalue weighted by molar-refractivity contribution is -0.142. The average molecular weight is 639 g/mol. The van der Waals surface area contributed by atoms with E-state index >= 15 is 0 Å². The van der Waals surface area contributed by atoms with E-state index in [1.165, 1.54) is 26.4 Å². The summed E-state index contributed by atoms with van der Waals surface area (Å²) in [6.07, 6.45) is 0.130. The number of halogens is 3. The maximum Gasteiger partial charge on any atom is 0.337 e. The first-order chi connectivity index (χ1) is 18.7. The van der Waals surface area contributed by atoms with Crippen molar-refractivity contribution >= 4 is 57.0 Å². The van der Waals surface area contributed by atoms with Gasteiger partial charge in [0.15, 0.2) is 0 Å². The molecule has 0 radical (unpaired) electrons. The van der Waals surface area contributed by atoms with Crippen molar-refractivity contribution in [3.63, 3.8) is 0 Å². The van der Waals surface area contributed by atoms with Crippen molar-refractivity contribution in [3.8, 4) is 22.6 Å². The van der Waals surface area contributed by atoms with Crippen molar-refractivity contribution < 1.29 is 33.3 Å². The lowest BCUT2D eigenvalue weighted by Gasteiger charge is -2.19. The van der Waals surface area contributed by atoms with Gasteiger partial charge in [-0.1, -0.05) is 63.4 Å². The molecule has 206 valence electrons. The maximum absolute atomic E-state index is 13.1. The third-order valence-corrected chi connectivity index (χ3v) is 7.13. The van der Waals surface area contributed by atoms with Crippen LogP contribution < -0.4 is 14.8 Å². The average Bonchev–Trinajstić information content (AvgIpc) is 2.95. The lowest BCUT2D eigenvalue weighted by atomic mass is 9.98. The van der Waals surface area contributed by atoms with Gasteiger partial charge in [0.1, 0.15) is 17.5 Å². The summed E-state index contributed by atoms with van der Waals surface area (Å²) in [7, 11) is 5.63. The van der Waals surface area contributed by atoms with Crippen LogP contribution in [0, 0.1) is 0 Å². The Hall–Kier alpha value is -3.27. The quantitative estimate of drug-likeness (QED) is 0.219. The molecule has 0 heterocycles. The standard InChI is InChI=1S/C28H26BrCl2NO7/c1-36-22-10-16(14-29)11-23(37-2)24(22)17-7-5-15(6-8-17)9-21(28(35)39-4)32-26(33)25-19(30)12-18(13-20(25)31)27(34)38-3/h5-8,10-13,21H,9,14H2,1-4H3,(H,32,33)/t21-/m0/s1. The normalized spacial score (nSPS) is 11.4. The van der Waals surface area contributed by atoms with E-state index in [0.29, 0.717) is 16.8 Å². The number of hydrogen-bond donors (Lipinski definition) is 1. The summed E-state index contributed by atoms with van der Waals surface area (Å²) in [5, 5.41) is 3.14. The third-order valence-electron chi connectivity index (χ3n) is 5.88. The molecule has 3 rings (SSSR count). The van der Waals surface area contributed by atoms with Crippen LogP contribution in [0.2, 0.25) is 10.0 Å². The Balaban J connectivity index is 1.87. The molecule has 0 aliphatic heterocycles. The Bertz CT molecular complexity index is 1330. The third kappa shape index (κ3) is 7.03. The highest BCUT2D eigenvalue weighted by molar-refractivity contribution is 9.08. The van der Waals surface area contributed by atoms with E-state index in [1.807, 2.05) is 36.4 Å². The molecule has 39 heavy (non-hydrogen) atoms. The number of benzene rings is 3. The Labute approximate surface area is 244 Å². The zero-order valence-electron chi connectivity index (χ0n) is 21.6. The number of amides is 1. The van der Waals surface area contributed by atoms with Crippen molar-refractivity contribution in [1.82, 2.24) is 5.32 Å². The Kier molecular flexibility index (Phi) is 10.6. The zero-order chi connectivity index (χ0) is 28.7. The number of methoxy groups -OCH3 is 4. The number of esters is 2. The van der Waals surface area contributed by atoms with E-state index in [2.05, 4.69) is 26.0 Å². The Morgan fingerprint density at radius 1 is 0.846 bits per heavy atom. The van der Waals surface area contributed by atoms with E-state index in [0.717, 1.165) is 22.3 Å². The second kappa shape index (κ2) is 13.7. The second-order valence-corrected chi connectivity index (χ2v) is 9.64. The van der Waals surface area contributed by atoms with Gasteiger partial charge < -0.3 is 24.3 Å². The van der Waals surface area contributed by atoms with Crippen molar-refractivity contribution in [2.24, 2.45) is 0 Å². The van der Waals surface area contributed by atoms with Gasteiger partial charge >= 0.3 is 11.9 Å². The zero-order valence-corrected chi connectivity index (χ0v) is 24.7. The topological polar surface area (TPSA) is 100 Å². The van der Waals surface area contributed by atoms with Crippen LogP contribution in [0.3, 0.4) is 0 Å². The van der Waals surface area contributed by atoms with Crippen LogP contribution in [0.15, 0.2) is 48.5 Å². The first-order valence-corrected chi connectivity index (χ1v) is 13.4. The van der Waals surface area contributed by atoms with Crippen LogP contribution in [0.4, 0.5) is 0 Å². The van der Waals surface area contributed by atoms with E-state index in [1.54, 1.807) is 14.2 Å². The number of ether oxygens (including phenoxy) is 4. The molecule has 11 heteroatoms. The summed E-state index contributed by atoms with van der Waals surface area (Å²) in [4.78, 5) is 37.4. The van der Waals surface area contributed by atoms with Crippen molar-refractivity contribution in [1.29, 1.82) is 0 Å². The van der Waals surface area contributed by atoms with Gasteiger partial charge in [-0.15, -0.1) is 0 Å². The van der Waals surface area contributed by atoms with Crippen LogP contribution in [-0.4, -0.2) is 52.3 Å². The fourth-order valence-corrected chi connectivity index (χ4v) is 4.95. The molecule has 0 aromatic heterocycles. The predicted octanol–water partition coefficient (Wildman–Crippen LogP) is 5.87. The van der Waals surface area contributed by atoms with Gasteiger partial charge in [0.25, 0.3) is 5.91 Å². The summed E-state index contributed by atoms with van der Waals surface area (Å²) < 4.78 is 20.8. The first-order valence-electron chi connectivity index (χ1n) is 11.5. The summed E-state index contributed by atoms with van der Waals surface area (Å²) in [6.45, 7) is 0. The van der Waals surface area contributed by atoms with Gasteiger partial charge in [-0.3, -0.25) is 4.79 Å². The fraction of sp³-hybridized carbons (Fsp3) is 0.250. The van der Waals surface area contributed by atoms with Gasteiger partial charge in [0.2, 0.25) is 0 Å². The fourth-order valence-electron chi connectivity index (χ4n) is 3.96. The highest BCUT2D eigenvalue weighted by Crippen LogP contribution is 2.40. The second-order valence-electron chi connectivity index (χ2n) is 8.27. The van der Waals surface area contributed by atoms with Crippen LogP contribution in [0.1, 0.15) is 31.8 Å². The summed E-state index contributed by atoms with van der Waals surface area (Å²) >= 11 is 15.9. The molecule has 3 aromatic carbocycles. The molecule has 0 bridgehead atoms. The molecule has 0 spiro atoms. The van der Waals surface area contributed by atoms with E-state index in [4.69, 9.17) is 37.4 Å². The van der Waals surface area contributed by atoms with E-state index in [9.17, 15) is 14.4 Å². The molecular formula is C28H26BrCl2NO7. The van der Waals surface area contributed by atoms with Gasteiger partial charge in [-0.2, -0.15) is 0 Å². The lowest BCUT2D eigenvalue weighted by Crippen LogP contribution is -2.43. The molecule has 0 fully saturated rings. The van der Waals surface area contributed by atoms with Crippen LogP contribution in [0.25, 0.3) is 11.1 Å². The molecular weight excluding hydrogens is 613 g/mol. The van der Waals surface area contributed by atoms with Gasteiger partial charge in [0.05, 0.1) is 55.2 Å². The summed E-state index contributed by atoms with van der Waals surface area (Å²) in [6, 6.07) is 12.8. The van der Waals surface area contributed by atoms with Crippen LogP contribution in [0.5, 0.6) is 11.5 Å². The molecule has 0 aliphatic rings. The molecule has 0 unspecified atom stereocenters. The van der Waals surface area contributed by atoms with E-state index < -0.39 is 23.9 Å². The molecule has 3 aromatic rings. The minimum Gasteiger partial charge on any atom is -0.496 e. The largest absolute Gasteiger partial charge is 0.496 e. The molecule has 8 nitrogen and oxygen atoms in total. The number of nitrogens with one attached hydrogen (secondary N) is 1. The van der Waals surface area contributed by atoms with Crippen molar-refractivity contribution in [2.75, 3.05) is 28.4 Å². The molecule has 0 aliphatic carbocycles. The summed E-state index contributed by atoms with van der Waals surface area (Å²) in [5.74, 6) is -0.697. The SMILES string of the molecule is COC(=O)c1cc(Cl)c(C(=O)N[C@@H](Cc2ccc(-c3c(OC)cc(CBr)cc3OC)cc2)C(=O)OC)c(Cl)c1. The highest BCUT2D eigenvalue weighted by Gasteiger charge is 2.26. The van der Waals surface area contributed by atoms with Crippen LogP contribution in [-0.2, 0) is 26.0 Å². The number of carbonyl (C=O) groups excluding carboxylic acids is 3. The Morgan fingerprint density at radius 2 is 1.41 bits per heavy atom. The van der Waals surface area contributed by atoms with E-state index in [-0.39, 0.29) is 27.6 Å². The minimum atomic E-state index is -1.04. The minimum absolute atomic E-state index is 0.0674. The number of carbonyl (C=O) groups is 3. The summed E-state index contributed by atoms with van der Waals surface area (Å²) in [5.41, 5.74) is 3.39. The van der Waals surface area contributed by atoms with Gasteiger partial charge in [-0.25, -0.2) is 9.59 Å². The van der Waals surface area contributed by atoms with Gasteiger partial charge in [0, 0.05) is 11.8 Å². The number of rotatable bonds is 10. The Morgan fingerprint density at radius 3 is 1.87 bits per heavy atom. The van der Waals surface area contributed by atoms with Crippen LogP contribution >= 0.6 is 39.1 Å². The molecule has 0 saturated heterocycles. The number of hydrogen-bond acceptors (Lipinski definition) is 7. The molecule has 1 atom stereocenters. The highest BCUT2D eigenvalue weighted by atomic mass is 79.9. The molecule has 1 N–H and O–H groups in total. The maximum atomic E-state index is 13.1. The molecule has 0 saturated carbocycles. The van der Waals surface area contributed by atoms with Crippen molar-refractivity contribution in [2.45, 2.75) is 17.8 Å².